The first-order valence-corrected chi connectivity index (χ1v) is 13.9. The molecule has 0 spiro atoms. The number of aliphatic carboxylic acids is 2. The third-order valence-electron chi connectivity index (χ3n) is 6.15. The fourth-order valence-electron chi connectivity index (χ4n) is 4.10. The molecule has 1 amide bonds. The molecule has 0 saturated carbocycles. The standard InChI is InChI=1S/C24H38N5O7P/c1-25-24(35)21-4-2-20(3-5-21)18-37(36)19-29-12-7-26(14-15-30)6-8-27(16-22(31)32)9-10-28(11-13-29)17-23(33)34/h2-5,15,36H,6-14,16-19H2,1H3,(H,25,35)(H,31,32)(H,33,34). The van der Waals surface area contributed by atoms with E-state index in [2.05, 4.69) is 10.2 Å². The lowest BCUT2D eigenvalue weighted by Crippen LogP contribution is -2.48. The van der Waals surface area contributed by atoms with Crippen LogP contribution in [0, 0.1) is 0 Å². The average Bonchev–Trinajstić information content (AvgIpc) is 2.85. The van der Waals surface area contributed by atoms with E-state index < -0.39 is 20.1 Å². The van der Waals surface area contributed by atoms with Gasteiger partial charge in [0.2, 0.25) is 0 Å². The van der Waals surface area contributed by atoms with E-state index in [0.29, 0.717) is 70.4 Å². The number of carbonyl (C=O) groups is 4. The van der Waals surface area contributed by atoms with Gasteiger partial charge in [0.1, 0.15) is 6.29 Å². The van der Waals surface area contributed by atoms with Gasteiger partial charge in [0.05, 0.1) is 19.6 Å². The van der Waals surface area contributed by atoms with Crippen molar-refractivity contribution in [3.05, 3.63) is 35.4 Å². The third kappa shape index (κ3) is 12.1. The second kappa shape index (κ2) is 16.4. The normalized spacial score (nSPS) is 18.3. The third-order valence-corrected chi connectivity index (χ3v) is 7.61. The molecule has 1 unspecified atom stereocenters. The van der Waals surface area contributed by atoms with Crippen molar-refractivity contribution in [2.75, 3.05) is 85.3 Å². The molecule has 1 heterocycles. The van der Waals surface area contributed by atoms with Gasteiger partial charge >= 0.3 is 11.9 Å². The number of aldehydes is 1. The van der Waals surface area contributed by atoms with Crippen LogP contribution in [0.5, 0.6) is 0 Å². The van der Waals surface area contributed by atoms with Gasteiger partial charge < -0.3 is 25.2 Å². The SMILES string of the molecule is CNC(=O)c1ccc(CP(O)CN2CCN(CC=O)CCN(CC(=O)O)CCN(CC(=O)O)CC2)cc1. The lowest BCUT2D eigenvalue weighted by atomic mass is 10.1. The topological polar surface area (TPSA) is 154 Å². The molecule has 0 bridgehead atoms. The van der Waals surface area contributed by atoms with Crippen molar-refractivity contribution in [1.82, 2.24) is 24.9 Å². The van der Waals surface area contributed by atoms with Gasteiger partial charge in [-0.2, -0.15) is 0 Å². The average molecular weight is 540 g/mol. The Morgan fingerprint density at radius 2 is 1.30 bits per heavy atom. The Labute approximate surface area is 218 Å². The van der Waals surface area contributed by atoms with Crippen LogP contribution in [-0.4, -0.2) is 144 Å². The summed E-state index contributed by atoms with van der Waals surface area (Å²) in [5.41, 5.74) is 1.47. The molecule has 1 aliphatic rings. The molecule has 0 aromatic heterocycles. The van der Waals surface area contributed by atoms with Crippen LogP contribution in [-0.2, 0) is 20.5 Å². The number of hydrogen-bond acceptors (Lipinski definition) is 9. The van der Waals surface area contributed by atoms with Crippen LogP contribution in [0.15, 0.2) is 24.3 Å². The van der Waals surface area contributed by atoms with Gasteiger partial charge in [-0.25, -0.2) is 0 Å². The zero-order chi connectivity index (χ0) is 27.2. The molecule has 12 nitrogen and oxygen atoms in total. The number of carboxylic acids is 2. The summed E-state index contributed by atoms with van der Waals surface area (Å²) >= 11 is 0. The van der Waals surface area contributed by atoms with E-state index >= 15 is 0 Å². The summed E-state index contributed by atoms with van der Waals surface area (Å²) < 4.78 is 0. The Balaban J connectivity index is 2.07. The molecule has 1 saturated heterocycles. The number of carboxylic acid groups (broad SMARTS) is 2. The Hall–Kier alpha value is -2.47. The molecule has 1 aromatic rings. The lowest BCUT2D eigenvalue weighted by Gasteiger charge is -2.33. The summed E-state index contributed by atoms with van der Waals surface area (Å²) in [7, 11) is 0.172. The first-order chi connectivity index (χ1) is 17.7. The Kier molecular flexibility index (Phi) is 13.6. The molecule has 1 aromatic carbocycles. The quantitative estimate of drug-likeness (QED) is 0.212. The molecule has 1 aliphatic heterocycles. The van der Waals surface area contributed by atoms with Crippen molar-refractivity contribution in [3.63, 3.8) is 0 Å². The van der Waals surface area contributed by atoms with Crippen molar-refractivity contribution in [3.8, 4) is 0 Å². The van der Waals surface area contributed by atoms with E-state index in [-0.39, 0.29) is 25.5 Å². The minimum absolute atomic E-state index is 0.152. The molecule has 4 N–H and O–H groups in total. The minimum atomic E-state index is -1.40. The first-order valence-electron chi connectivity index (χ1n) is 12.2. The molecule has 1 fully saturated rings. The zero-order valence-electron chi connectivity index (χ0n) is 21.3. The predicted octanol–water partition coefficient (Wildman–Crippen LogP) is -0.517. The molecule has 37 heavy (non-hydrogen) atoms. The molecule has 2 rings (SSSR count). The molecule has 0 radical (unpaired) electrons. The highest BCUT2D eigenvalue weighted by molar-refractivity contribution is 7.50. The van der Waals surface area contributed by atoms with Gasteiger partial charge in [0.15, 0.2) is 0 Å². The van der Waals surface area contributed by atoms with E-state index in [4.69, 9.17) is 0 Å². The summed E-state index contributed by atoms with van der Waals surface area (Å²) in [5.74, 6) is -2.08. The van der Waals surface area contributed by atoms with Crippen LogP contribution >= 0.6 is 8.15 Å². The van der Waals surface area contributed by atoms with Gasteiger partial charge in [0.25, 0.3) is 5.91 Å². The second-order valence-electron chi connectivity index (χ2n) is 9.01. The van der Waals surface area contributed by atoms with Crippen LogP contribution in [0.2, 0.25) is 0 Å². The van der Waals surface area contributed by atoms with Gasteiger partial charge in [-0.05, 0) is 17.7 Å². The molecule has 13 heteroatoms. The molecule has 0 aliphatic carbocycles. The van der Waals surface area contributed by atoms with Gasteiger partial charge in [-0.1, -0.05) is 12.1 Å². The fraction of sp³-hybridized carbons (Fsp3) is 0.583. The van der Waals surface area contributed by atoms with E-state index in [1.165, 1.54) is 0 Å². The maximum Gasteiger partial charge on any atom is 0.317 e. The van der Waals surface area contributed by atoms with Gasteiger partial charge in [0, 0.05) is 85.6 Å². The smallest absolute Gasteiger partial charge is 0.317 e. The maximum absolute atomic E-state index is 11.7. The molecule has 1 atom stereocenters. The van der Waals surface area contributed by atoms with Crippen LogP contribution in [0.1, 0.15) is 15.9 Å². The van der Waals surface area contributed by atoms with Gasteiger partial charge in [-0.3, -0.25) is 34.0 Å². The first kappa shape index (κ1) is 30.8. The van der Waals surface area contributed by atoms with Crippen molar-refractivity contribution < 1.29 is 34.3 Å². The second-order valence-corrected chi connectivity index (χ2v) is 10.6. The summed E-state index contributed by atoms with van der Waals surface area (Å²) in [6.07, 6.45) is 1.71. The predicted molar refractivity (Wildman–Crippen MR) is 140 cm³/mol. The van der Waals surface area contributed by atoms with Crippen molar-refractivity contribution in [2.45, 2.75) is 6.16 Å². The minimum Gasteiger partial charge on any atom is -0.480 e. The number of rotatable bonds is 11. The molecular weight excluding hydrogens is 501 g/mol. The monoisotopic (exact) mass is 539 g/mol. The summed E-state index contributed by atoms with van der Waals surface area (Å²) in [6.45, 7) is 3.76. The van der Waals surface area contributed by atoms with Crippen LogP contribution in [0.3, 0.4) is 0 Å². The van der Waals surface area contributed by atoms with E-state index in [1.807, 2.05) is 17.0 Å². The van der Waals surface area contributed by atoms with Crippen LogP contribution < -0.4 is 5.32 Å². The van der Waals surface area contributed by atoms with Crippen LogP contribution in [0.25, 0.3) is 0 Å². The lowest BCUT2D eigenvalue weighted by molar-refractivity contribution is -0.140. The van der Waals surface area contributed by atoms with E-state index in [1.54, 1.807) is 29.0 Å². The Morgan fingerprint density at radius 1 is 0.838 bits per heavy atom. The van der Waals surface area contributed by atoms with E-state index in [0.717, 1.165) is 11.8 Å². The van der Waals surface area contributed by atoms with Gasteiger partial charge in [-0.15, -0.1) is 0 Å². The summed E-state index contributed by atoms with van der Waals surface area (Å²) in [6, 6.07) is 7.11. The number of amides is 1. The molecular formula is C24H38N5O7P. The number of hydrogen-bond donors (Lipinski definition) is 4. The summed E-state index contributed by atoms with van der Waals surface area (Å²) in [4.78, 5) is 64.1. The Bertz CT molecular complexity index is 889. The highest BCUT2D eigenvalue weighted by Crippen LogP contribution is 2.35. The Morgan fingerprint density at radius 3 is 1.73 bits per heavy atom. The number of nitrogens with zero attached hydrogens (tertiary/aromatic N) is 4. The van der Waals surface area contributed by atoms with Crippen LogP contribution in [0.4, 0.5) is 0 Å². The zero-order valence-corrected chi connectivity index (χ0v) is 22.2. The fourth-order valence-corrected chi connectivity index (χ4v) is 5.58. The highest BCUT2D eigenvalue weighted by Gasteiger charge is 2.20. The van der Waals surface area contributed by atoms with Crippen molar-refractivity contribution in [2.24, 2.45) is 0 Å². The number of carbonyl (C=O) groups excluding carboxylic acids is 2. The van der Waals surface area contributed by atoms with E-state index in [9.17, 15) is 34.3 Å². The molecule has 206 valence electrons. The number of benzene rings is 1. The number of nitrogens with one attached hydrogen (secondary N) is 1. The largest absolute Gasteiger partial charge is 0.480 e. The summed E-state index contributed by atoms with van der Waals surface area (Å²) in [5, 5.41) is 21.2. The van der Waals surface area contributed by atoms with Crippen molar-refractivity contribution in [1.29, 1.82) is 0 Å². The van der Waals surface area contributed by atoms with Crippen molar-refractivity contribution >= 4 is 32.3 Å². The maximum atomic E-state index is 11.7. The highest BCUT2D eigenvalue weighted by atomic mass is 31.1.